The summed E-state index contributed by atoms with van der Waals surface area (Å²) in [6.07, 6.45) is 4.36. The largest absolute Gasteiger partial charge is 0.481 e. The first-order valence-corrected chi connectivity index (χ1v) is 8.88. The molecule has 25 heavy (non-hydrogen) atoms. The van der Waals surface area contributed by atoms with Crippen molar-refractivity contribution in [3.8, 4) is 0 Å². The molecule has 0 unspecified atom stereocenters. The molecule has 0 atom stereocenters. The molecule has 1 aromatic rings. The Bertz CT molecular complexity index is 680. The Morgan fingerprint density at radius 1 is 1.20 bits per heavy atom. The van der Waals surface area contributed by atoms with Crippen LogP contribution in [0.15, 0.2) is 24.3 Å². The summed E-state index contributed by atoms with van der Waals surface area (Å²) in [7, 11) is 0. The van der Waals surface area contributed by atoms with Crippen LogP contribution in [0.2, 0.25) is 0 Å². The zero-order valence-corrected chi connectivity index (χ0v) is 14.3. The molecule has 0 aromatic heterocycles. The average molecular weight is 344 g/mol. The van der Waals surface area contributed by atoms with Crippen LogP contribution in [0.1, 0.15) is 50.5 Å². The van der Waals surface area contributed by atoms with Crippen molar-refractivity contribution in [1.29, 1.82) is 0 Å². The SMILES string of the molecule is O=C(CC1(C(=O)O)CCCC1)Nc1cccc(CN2CCCC2=O)c1. The topological polar surface area (TPSA) is 86.7 Å². The van der Waals surface area contributed by atoms with E-state index in [-0.39, 0.29) is 18.2 Å². The van der Waals surface area contributed by atoms with Crippen molar-refractivity contribution < 1.29 is 19.5 Å². The second-order valence-corrected chi connectivity index (χ2v) is 7.14. The fourth-order valence-corrected chi connectivity index (χ4v) is 3.87. The Morgan fingerprint density at radius 2 is 1.96 bits per heavy atom. The van der Waals surface area contributed by atoms with Crippen molar-refractivity contribution in [2.24, 2.45) is 5.41 Å². The Balaban J connectivity index is 1.62. The molecule has 6 heteroatoms. The second kappa shape index (κ2) is 7.25. The zero-order valence-electron chi connectivity index (χ0n) is 14.3. The molecule has 3 rings (SSSR count). The number of carboxylic acid groups (broad SMARTS) is 1. The molecule has 0 radical (unpaired) electrons. The molecule has 1 aromatic carbocycles. The number of hydrogen-bond acceptors (Lipinski definition) is 3. The van der Waals surface area contributed by atoms with Crippen LogP contribution in [0.3, 0.4) is 0 Å². The third kappa shape index (κ3) is 4.00. The predicted octanol–water partition coefficient (Wildman–Crippen LogP) is 2.78. The van der Waals surface area contributed by atoms with Gasteiger partial charge in [0.25, 0.3) is 0 Å². The summed E-state index contributed by atoms with van der Waals surface area (Å²) in [6, 6.07) is 7.41. The van der Waals surface area contributed by atoms with E-state index in [2.05, 4.69) is 5.32 Å². The van der Waals surface area contributed by atoms with Crippen molar-refractivity contribution in [1.82, 2.24) is 4.90 Å². The van der Waals surface area contributed by atoms with Crippen LogP contribution in [0.5, 0.6) is 0 Å². The first-order chi connectivity index (χ1) is 12.0. The van der Waals surface area contributed by atoms with E-state index in [4.69, 9.17) is 0 Å². The van der Waals surface area contributed by atoms with Crippen molar-refractivity contribution >= 4 is 23.5 Å². The van der Waals surface area contributed by atoms with Crippen molar-refractivity contribution in [2.45, 2.75) is 51.5 Å². The number of likely N-dealkylation sites (tertiary alicyclic amines) is 1. The molecule has 134 valence electrons. The van der Waals surface area contributed by atoms with Crippen LogP contribution in [0, 0.1) is 5.41 Å². The van der Waals surface area contributed by atoms with Crippen molar-refractivity contribution in [3.05, 3.63) is 29.8 Å². The number of amides is 2. The van der Waals surface area contributed by atoms with Crippen LogP contribution in [-0.2, 0) is 20.9 Å². The summed E-state index contributed by atoms with van der Waals surface area (Å²) in [4.78, 5) is 37.5. The summed E-state index contributed by atoms with van der Waals surface area (Å²) in [5.41, 5.74) is 0.693. The minimum absolute atomic E-state index is 0.0111. The Hall–Kier alpha value is -2.37. The molecule has 2 aliphatic rings. The zero-order chi connectivity index (χ0) is 17.9. The maximum atomic E-state index is 12.3. The number of benzene rings is 1. The van der Waals surface area contributed by atoms with Gasteiger partial charge in [-0.05, 0) is 37.0 Å². The first kappa shape index (κ1) is 17.5. The van der Waals surface area contributed by atoms with Crippen LogP contribution >= 0.6 is 0 Å². The highest BCUT2D eigenvalue weighted by Crippen LogP contribution is 2.41. The number of hydrogen-bond donors (Lipinski definition) is 2. The van der Waals surface area contributed by atoms with Gasteiger partial charge in [0.2, 0.25) is 11.8 Å². The van der Waals surface area contributed by atoms with Gasteiger partial charge in [0.1, 0.15) is 0 Å². The number of carboxylic acids is 1. The lowest BCUT2D eigenvalue weighted by Crippen LogP contribution is -2.32. The van der Waals surface area contributed by atoms with Gasteiger partial charge < -0.3 is 15.3 Å². The molecule has 0 spiro atoms. The maximum absolute atomic E-state index is 12.3. The number of carbonyl (C=O) groups is 3. The lowest BCUT2D eigenvalue weighted by atomic mass is 9.82. The Morgan fingerprint density at radius 3 is 2.60 bits per heavy atom. The van der Waals surface area contributed by atoms with Gasteiger partial charge in [-0.15, -0.1) is 0 Å². The van der Waals surface area contributed by atoms with Crippen molar-refractivity contribution in [2.75, 3.05) is 11.9 Å². The molecule has 1 saturated heterocycles. The lowest BCUT2D eigenvalue weighted by Gasteiger charge is -2.23. The number of carbonyl (C=O) groups excluding carboxylic acids is 2. The summed E-state index contributed by atoms with van der Waals surface area (Å²) >= 11 is 0. The van der Waals surface area contributed by atoms with E-state index in [1.54, 1.807) is 6.07 Å². The number of aliphatic carboxylic acids is 1. The first-order valence-electron chi connectivity index (χ1n) is 8.88. The van der Waals surface area contributed by atoms with Gasteiger partial charge in [0, 0.05) is 31.6 Å². The standard InChI is InChI=1S/C19H24N2O4/c22-16(12-19(18(24)25)8-1-2-9-19)20-15-6-3-5-14(11-15)13-21-10-4-7-17(21)23/h3,5-6,11H,1-2,4,7-10,12-13H2,(H,20,22)(H,24,25). The minimum Gasteiger partial charge on any atom is -0.481 e. The molecule has 1 heterocycles. The normalized spacial score (nSPS) is 19.2. The van der Waals surface area contributed by atoms with E-state index in [0.29, 0.717) is 31.5 Å². The molecule has 0 bridgehead atoms. The monoisotopic (exact) mass is 344 g/mol. The highest BCUT2D eigenvalue weighted by molar-refractivity contribution is 5.94. The molecular weight excluding hydrogens is 320 g/mol. The van der Waals surface area contributed by atoms with E-state index in [0.717, 1.165) is 31.4 Å². The Labute approximate surface area is 147 Å². The van der Waals surface area contributed by atoms with Crippen LogP contribution in [0.25, 0.3) is 0 Å². The van der Waals surface area contributed by atoms with E-state index < -0.39 is 11.4 Å². The molecule has 2 amide bonds. The Kier molecular flexibility index (Phi) is 5.06. The summed E-state index contributed by atoms with van der Waals surface area (Å²) in [5.74, 6) is -0.973. The highest BCUT2D eigenvalue weighted by atomic mass is 16.4. The molecule has 2 N–H and O–H groups in total. The van der Waals surface area contributed by atoms with Crippen molar-refractivity contribution in [3.63, 3.8) is 0 Å². The molecule has 6 nitrogen and oxygen atoms in total. The van der Waals surface area contributed by atoms with E-state index in [1.807, 2.05) is 23.1 Å². The third-order valence-corrected chi connectivity index (χ3v) is 5.27. The molecular formula is C19H24N2O4. The third-order valence-electron chi connectivity index (χ3n) is 5.27. The summed E-state index contributed by atoms with van der Waals surface area (Å²) < 4.78 is 0. The minimum atomic E-state index is -0.913. The molecule has 1 aliphatic carbocycles. The summed E-state index contributed by atoms with van der Waals surface area (Å²) in [6.45, 7) is 1.32. The predicted molar refractivity (Wildman–Crippen MR) is 92.9 cm³/mol. The van der Waals surface area contributed by atoms with Gasteiger partial charge in [-0.1, -0.05) is 25.0 Å². The van der Waals surface area contributed by atoms with Gasteiger partial charge in [0.15, 0.2) is 0 Å². The molecule has 1 saturated carbocycles. The number of nitrogens with one attached hydrogen (secondary N) is 1. The molecule has 2 fully saturated rings. The number of rotatable bonds is 6. The van der Waals surface area contributed by atoms with E-state index in [9.17, 15) is 19.5 Å². The fraction of sp³-hybridized carbons (Fsp3) is 0.526. The average Bonchev–Trinajstić information content (AvgIpc) is 3.18. The van der Waals surface area contributed by atoms with Crippen LogP contribution in [-0.4, -0.2) is 34.3 Å². The van der Waals surface area contributed by atoms with E-state index >= 15 is 0 Å². The number of anilines is 1. The van der Waals surface area contributed by atoms with Gasteiger partial charge in [-0.25, -0.2) is 0 Å². The van der Waals surface area contributed by atoms with Gasteiger partial charge >= 0.3 is 5.97 Å². The summed E-state index contributed by atoms with van der Waals surface area (Å²) in [5, 5.41) is 12.3. The number of nitrogens with zero attached hydrogens (tertiary/aromatic N) is 1. The highest BCUT2D eigenvalue weighted by Gasteiger charge is 2.42. The smallest absolute Gasteiger partial charge is 0.310 e. The van der Waals surface area contributed by atoms with Gasteiger partial charge in [-0.2, -0.15) is 0 Å². The maximum Gasteiger partial charge on any atom is 0.310 e. The van der Waals surface area contributed by atoms with Crippen LogP contribution in [0.4, 0.5) is 5.69 Å². The second-order valence-electron chi connectivity index (χ2n) is 7.14. The molecule has 1 aliphatic heterocycles. The fourth-order valence-electron chi connectivity index (χ4n) is 3.87. The van der Waals surface area contributed by atoms with E-state index in [1.165, 1.54) is 0 Å². The lowest BCUT2D eigenvalue weighted by molar-refractivity contribution is -0.150. The van der Waals surface area contributed by atoms with Gasteiger partial charge in [-0.3, -0.25) is 14.4 Å². The van der Waals surface area contributed by atoms with Crippen LogP contribution < -0.4 is 5.32 Å². The van der Waals surface area contributed by atoms with Gasteiger partial charge in [0.05, 0.1) is 5.41 Å². The quantitative estimate of drug-likeness (QED) is 0.831.